The van der Waals surface area contributed by atoms with Crippen molar-refractivity contribution in [3.05, 3.63) is 88.2 Å². The van der Waals surface area contributed by atoms with Crippen molar-refractivity contribution in [3.8, 4) is 17.2 Å². The van der Waals surface area contributed by atoms with Gasteiger partial charge in [0.25, 0.3) is 0 Å². The molecule has 40 heavy (non-hydrogen) atoms. The Morgan fingerprint density at radius 1 is 1.10 bits per heavy atom. The topological polar surface area (TPSA) is 80.3 Å². The molecule has 2 N–H and O–H groups in total. The molecule has 2 amide bonds. The van der Waals surface area contributed by atoms with Gasteiger partial charge in [-0.05, 0) is 61.6 Å². The van der Waals surface area contributed by atoms with Gasteiger partial charge in [-0.25, -0.2) is 9.18 Å². The molecule has 7 nitrogen and oxygen atoms in total. The largest absolute Gasteiger partial charge is 0.496 e. The van der Waals surface area contributed by atoms with E-state index in [-0.39, 0.29) is 17.8 Å². The number of methoxy groups -OCH3 is 2. The number of carbonyl (C=O) groups excluding carboxylic acids is 1. The first kappa shape index (κ1) is 28.1. The minimum absolute atomic E-state index is 0.286. The van der Waals surface area contributed by atoms with Crippen molar-refractivity contribution in [2.24, 2.45) is 5.92 Å². The lowest BCUT2D eigenvalue weighted by Gasteiger charge is -2.46. The summed E-state index contributed by atoms with van der Waals surface area (Å²) in [7, 11) is 3.06. The number of aliphatic hydroxyl groups is 1. The van der Waals surface area contributed by atoms with E-state index in [4.69, 9.17) is 25.8 Å². The van der Waals surface area contributed by atoms with Gasteiger partial charge in [-0.15, -0.1) is 0 Å². The predicted octanol–water partition coefficient (Wildman–Crippen LogP) is 6.04. The second-order valence-corrected chi connectivity index (χ2v) is 10.7. The molecule has 1 saturated carbocycles. The zero-order valence-corrected chi connectivity index (χ0v) is 23.7. The van der Waals surface area contributed by atoms with Crippen LogP contribution in [0, 0.1) is 11.7 Å². The second-order valence-electron chi connectivity index (χ2n) is 10.2. The SMILES string of the molecule is CCN(CC)C(=O)N[C@H]1C[C@@H](c2cccc(F)c2)C2[C@@H](c3ccc(Cl)cc3)Oc3cc(OC)cc(OC)c3[C@@]21O. The average Bonchev–Trinajstić information content (AvgIpc) is 3.25. The number of fused-ring (bicyclic) bond motifs is 3. The number of amides is 2. The van der Waals surface area contributed by atoms with E-state index in [1.165, 1.54) is 19.2 Å². The van der Waals surface area contributed by atoms with Gasteiger partial charge < -0.3 is 29.5 Å². The Hall–Kier alpha value is -3.49. The number of hydrogen-bond donors (Lipinski definition) is 2. The van der Waals surface area contributed by atoms with Crippen molar-refractivity contribution in [1.29, 1.82) is 0 Å². The number of ether oxygens (including phenoxy) is 3. The van der Waals surface area contributed by atoms with Crippen LogP contribution in [-0.4, -0.2) is 49.4 Å². The summed E-state index contributed by atoms with van der Waals surface area (Å²) in [4.78, 5) is 15.0. The number of carbonyl (C=O) groups is 1. The van der Waals surface area contributed by atoms with E-state index in [2.05, 4.69) is 5.32 Å². The van der Waals surface area contributed by atoms with Gasteiger partial charge in [-0.1, -0.05) is 35.9 Å². The third kappa shape index (κ3) is 4.73. The molecule has 1 unspecified atom stereocenters. The van der Waals surface area contributed by atoms with Crippen LogP contribution in [0.25, 0.3) is 0 Å². The summed E-state index contributed by atoms with van der Waals surface area (Å²) in [5.74, 6) is -0.110. The van der Waals surface area contributed by atoms with Crippen molar-refractivity contribution in [3.63, 3.8) is 0 Å². The van der Waals surface area contributed by atoms with E-state index >= 15 is 0 Å². The molecule has 0 saturated heterocycles. The van der Waals surface area contributed by atoms with Crippen molar-refractivity contribution in [1.82, 2.24) is 10.2 Å². The summed E-state index contributed by atoms with van der Waals surface area (Å²) in [6, 6.07) is 16.0. The van der Waals surface area contributed by atoms with Gasteiger partial charge in [-0.2, -0.15) is 0 Å². The summed E-state index contributed by atoms with van der Waals surface area (Å²) in [5.41, 5.74) is 0.281. The molecular weight excluding hydrogens is 535 g/mol. The minimum atomic E-state index is -1.64. The molecule has 1 heterocycles. The summed E-state index contributed by atoms with van der Waals surface area (Å²) in [6.07, 6.45) is -0.310. The zero-order valence-electron chi connectivity index (χ0n) is 23.0. The van der Waals surface area contributed by atoms with Gasteiger partial charge in [0.1, 0.15) is 34.8 Å². The Kier molecular flexibility index (Phi) is 7.84. The summed E-state index contributed by atoms with van der Waals surface area (Å²) >= 11 is 6.21. The van der Waals surface area contributed by atoms with E-state index in [1.54, 1.807) is 42.3 Å². The smallest absolute Gasteiger partial charge is 0.317 e. The number of hydrogen-bond acceptors (Lipinski definition) is 5. The fraction of sp³-hybridized carbons (Fsp3) is 0.387. The normalized spacial score (nSPS) is 24.9. The van der Waals surface area contributed by atoms with E-state index < -0.39 is 23.7 Å². The molecule has 0 radical (unpaired) electrons. The molecule has 0 spiro atoms. The number of urea groups is 1. The van der Waals surface area contributed by atoms with Crippen molar-refractivity contribution >= 4 is 17.6 Å². The second kappa shape index (κ2) is 11.2. The van der Waals surface area contributed by atoms with Crippen LogP contribution in [-0.2, 0) is 5.60 Å². The maximum atomic E-state index is 14.5. The van der Waals surface area contributed by atoms with Crippen LogP contribution in [0.5, 0.6) is 17.2 Å². The standard InChI is InChI=1S/C31H34ClFN2O5/c1-5-35(6-2)30(36)34-26-17-23(19-8-7-9-21(33)14-19)27-29(18-10-12-20(32)13-11-18)40-25-16-22(38-3)15-24(39-4)28(25)31(26,27)37/h7-16,23,26-27,29,37H,5-6,17H2,1-4H3,(H,34,36)/t23-,26-,27?,29+,31-/m0/s1. The number of benzene rings is 3. The highest BCUT2D eigenvalue weighted by Gasteiger charge is 2.64. The van der Waals surface area contributed by atoms with Crippen LogP contribution in [0.3, 0.4) is 0 Å². The molecule has 3 aromatic carbocycles. The summed E-state index contributed by atoms with van der Waals surface area (Å²) < 4.78 is 32.5. The average molecular weight is 569 g/mol. The lowest BCUT2D eigenvalue weighted by atomic mass is 9.70. The Morgan fingerprint density at radius 3 is 2.45 bits per heavy atom. The van der Waals surface area contributed by atoms with Crippen LogP contribution in [0.4, 0.5) is 9.18 Å². The molecule has 1 fully saturated rings. The highest BCUT2D eigenvalue weighted by Crippen LogP contribution is 2.63. The fourth-order valence-corrected chi connectivity index (χ4v) is 6.50. The number of rotatable bonds is 7. The Bertz CT molecular complexity index is 1380. The molecule has 1 aliphatic carbocycles. The predicted molar refractivity (Wildman–Crippen MR) is 151 cm³/mol. The van der Waals surface area contributed by atoms with Gasteiger partial charge in [-0.3, -0.25) is 0 Å². The molecule has 2 aliphatic rings. The van der Waals surface area contributed by atoms with E-state index in [9.17, 15) is 14.3 Å². The van der Waals surface area contributed by atoms with Crippen LogP contribution < -0.4 is 19.5 Å². The number of halogens is 2. The van der Waals surface area contributed by atoms with Gasteiger partial charge in [0.15, 0.2) is 0 Å². The maximum absolute atomic E-state index is 14.5. The highest BCUT2D eigenvalue weighted by atomic mass is 35.5. The van der Waals surface area contributed by atoms with E-state index in [0.29, 0.717) is 52.9 Å². The Labute approximate surface area is 238 Å². The third-order valence-electron chi connectivity index (χ3n) is 8.26. The highest BCUT2D eigenvalue weighted by molar-refractivity contribution is 6.30. The molecule has 1 aliphatic heterocycles. The molecule has 5 atom stereocenters. The van der Waals surface area contributed by atoms with Gasteiger partial charge >= 0.3 is 6.03 Å². The first-order chi connectivity index (χ1) is 19.2. The Morgan fingerprint density at radius 2 is 1.82 bits per heavy atom. The van der Waals surface area contributed by atoms with Crippen molar-refractivity contribution in [2.75, 3.05) is 27.3 Å². The van der Waals surface area contributed by atoms with Crippen molar-refractivity contribution < 1.29 is 28.5 Å². The van der Waals surface area contributed by atoms with Gasteiger partial charge in [0.05, 0.1) is 25.8 Å². The first-order valence-corrected chi connectivity index (χ1v) is 13.8. The minimum Gasteiger partial charge on any atom is -0.496 e. The monoisotopic (exact) mass is 568 g/mol. The molecule has 212 valence electrons. The van der Waals surface area contributed by atoms with Crippen LogP contribution in [0.1, 0.15) is 49.0 Å². The fourth-order valence-electron chi connectivity index (χ4n) is 6.37. The number of nitrogens with one attached hydrogen (secondary N) is 1. The maximum Gasteiger partial charge on any atom is 0.317 e. The molecule has 0 aromatic heterocycles. The molecule has 3 aromatic rings. The summed E-state index contributed by atoms with van der Waals surface area (Å²) in [5, 5.41) is 16.7. The van der Waals surface area contributed by atoms with E-state index in [1.807, 2.05) is 32.0 Å². The van der Waals surface area contributed by atoms with Crippen LogP contribution in [0.15, 0.2) is 60.7 Å². The van der Waals surface area contributed by atoms with E-state index in [0.717, 1.165) is 5.56 Å². The molecular formula is C31H34ClFN2O5. The summed E-state index contributed by atoms with van der Waals surface area (Å²) in [6.45, 7) is 4.83. The molecule has 5 rings (SSSR count). The lowest BCUT2D eigenvalue weighted by Crippen LogP contribution is -2.56. The van der Waals surface area contributed by atoms with Crippen molar-refractivity contribution in [2.45, 2.75) is 43.9 Å². The van der Waals surface area contributed by atoms with Gasteiger partial charge in [0, 0.05) is 36.2 Å². The lowest BCUT2D eigenvalue weighted by molar-refractivity contribution is -0.0908. The van der Waals surface area contributed by atoms with Crippen LogP contribution in [0.2, 0.25) is 5.02 Å². The molecule has 0 bridgehead atoms. The molecule has 9 heteroatoms. The first-order valence-electron chi connectivity index (χ1n) is 13.5. The number of nitrogens with zero attached hydrogens (tertiary/aromatic N) is 1. The zero-order chi connectivity index (χ0) is 28.6. The quantitative estimate of drug-likeness (QED) is 0.363. The van der Waals surface area contributed by atoms with Gasteiger partial charge in [0.2, 0.25) is 0 Å². The third-order valence-corrected chi connectivity index (χ3v) is 8.51. The Balaban J connectivity index is 1.75. The van der Waals surface area contributed by atoms with Crippen LogP contribution >= 0.6 is 11.6 Å².